The molecule has 2 saturated carbocycles. The van der Waals surface area contributed by atoms with E-state index in [1.165, 1.54) is 31.0 Å². The molecule has 3 fully saturated rings. The number of nitrogens with zero attached hydrogens (tertiary/aromatic N) is 4. The van der Waals surface area contributed by atoms with Crippen LogP contribution in [0.2, 0.25) is 0 Å². The first-order chi connectivity index (χ1) is 14.5. The number of anilines is 1. The molecule has 1 aliphatic heterocycles. The number of imide groups is 1. The van der Waals surface area contributed by atoms with E-state index in [0.29, 0.717) is 12.0 Å². The summed E-state index contributed by atoms with van der Waals surface area (Å²) in [4.78, 5) is 26.9. The van der Waals surface area contributed by atoms with Gasteiger partial charge in [-0.15, -0.1) is 10.2 Å². The Morgan fingerprint density at radius 3 is 2.47 bits per heavy atom. The van der Waals surface area contributed by atoms with Crippen LogP contribution in [-0.4, -0.2) is 51.6 Å². The molecule has 0 bridgehead atoms. The van der Waals surface area contributed by atoms with E-state index in [1.807, 2.05) is 0 Å². The minimum atomic E-state index is -0.383. The Morgan fingerprint density at radius 2 is 1.77 bits per heavy atom. The third kappa shape index (κ3) is 5.28. The summed E-state index contributed by atoms with van der Waals surface area (Å²) in [6, 6.07) is 0.217. The summed E-state index contributed by atoms with van der Waals surface area (Å²) in [7, 11) is 0. The number of hydrogen-bond donors (Lipinski definition) is 2. The van der Waals surface area contributed by atoms with Gasteiger partial charge in [0.2, 0.25) is 11.9 Å². The van der Waals surface area contributed by atoms with E-state index >= 15 is 0 Å². The Kier molecular flexibility index (Phi) is 6.85. The van der Waals surface area contributed by atoms with E-state index in [-0.39, 0.29) is 23.7 Å². The van der Waals surface area contributed by atoms with Crippen molar-refractivity contribution in [3.63, 3.8) is 0 Å². The Morgan fingerprint density at radius 1 is 1.03 bits per heavy atom. The second-order valence-corrected chi connectivity index (χ2v) is 10.2. The molecule has 4 rings (SSSR count). The zero-order valence-electron chi connectivity index (χ0n) is 18.1. The number of carbonyl (C=O) groups is 2. The van der Waals surface area contributed by atoms with Gasteiger partial charge < -0.3 is 10.2 Å². The maximum absolute atomic E-state index is 12.3. The first-order valence-electron chi connectivity index (χ1n) is 11.4. The van der Waals surface area contributed by atoms with E-state index < -0.39 is 0 Å². The SMILES string of the molecule is CC1CCN(c2nnc(SCC(=O)NC(=O)NC3CCCCC3C)n2C2CC2)CC1. The molecular weight excluding hydrogens is 400 g/mol. The molecule has 2 atom stereocenters. The Labute approximate surface area is 182 Å². The molecule has 1 saturated heterocycles. The molecular formula is C21H34N6O2S. The summed E-state index contributed by atoms with van der Waals surface area (Å²) >= 11 is 1.37. The number of carbonyl (C=O) groups excluding carboxylic acids is 2. The average Bonchev–Trinajstić information content (AvgIpc) is 3.48. The lowest BCUT2D eigenvalue weighted by molar-refractivity contribution is -0.117. The van der Waals surface area contributed by atoms with E-state index in [9.17, 15) is 9.59 Å². The molecule has 0 spiro atoms. The van der Waals surface area contributed by atoms with Gasteiger partial charge in [-0.3, -0.25) is 14.7 Å². The maximum atomic E-state index is 12.3. The number of aromatic nitrogens is 3. The summed E-state index contributed by atoms with van der Waals surface area (Å²) in [5.41, 5.74) is 0. The molecule has 9 heteroatoms. The quantitative estimate of drug-likeness (QED) is 0.667. The number of thioether (sulfide) groups is 1. The van der Waals surface area contributed by atoms with Crippen molar-refractivity contribution in [2.24, 2.45) is 11.8 Å². The fraction of sp³-hybridized carbons (Fsp3) is 0.810. The fourth-order valence-corrected chi connectivity index (χ4v) is 5.27. The molecule has 3 amide bonds. The molecule has 0 radical (unpaired) electrons. The second-order valence-electron chi connectivity index (χ2n) is 9.23. The minimum absolute atomic E-state index is 0.159. The lowest BCUT2D eigenvalue weighted by Crippen LogP contribution is -2.48. The van der Waals surface area contributed by atoms with Gasteiger partial charge in [0, 0.05) is 25.2 Å². The van der Waals surface area contributed by atoms with Crippen molar-refractivity contribution in [3.8, 4) is 0 Å². The Balaban J connectivity index is 1.30. The number of nitrogens with one attached hydrogen (secondary N) is 2. The Hall–Kier alpha value is -1.77. The highest BCUT2D eigenvalue weighted by Gasteiger charge is 2.33. The number of amides is 3. The molecule has 1 aromatic rings. The maximum Gasteiger partial charge on any atom is 0.321 e. The van der Waals surface area contributed by atoms with Gasteiger partial charge in [-0.25, -0.2) is 4.79 Å². The largest absolute Gasteiger partial charge is 0.341 e. The average molecular weight is 435 g/mol. The molecule has 2 heterocycles. The molecule has 2 unspecified atom stereocenters. The molecule has 0 aromatic carbocycles. The van der Waals surface area contributed by atoms with Crippen molar-refractivity contribution in [2.45, 2.75) is 82.5 Å². The number of hydrogen-bond acceptors (Lipinski definition) is 6. The van der Waals surface area contributed by atoms with Gasteiger partial charge in [0.15, 0.2) is 5.16 Å². The van der Waals surface area contributed by atoms with Crippen LogP contribution >= 0.6 is 11.8 Å². The van der Waals surface area contributed by atoms with Gasteiger partial charge in [0.1, 0.15) is 0 Å². The van der Waals surface area contributed by atoms with Crippen LogP contribution in [0.4, 0.5) is 10.7 Å². The molecule has 30 heavy (non-hydrogen) atoms. The summed E-state index contributed by atoms with van der Waals surface area (Å²) in [5, 5.41) is 15.1. The van der Waals surface area contributed by atoms with Crippen LogP contribution in [0.25, 0.3) is 0 Å². The predicted molar refractivity (Wildman–Crippen MR) is 118 cm³/mol. The Bertz CT molecular complexity index is 757. The summed E-state index contributed by atoms with van der Waals surface area (Å²) in [5.74, 6) is 2.03. The normalized spacial score (nSPS) is 25.2. The number of piperidine rings is 1. The molecule has 166 valence electrons. The third-order valence-electron chi connectivity index (χ3n) is 6.64. The van der Waals surface area contributed by atoms with Gasteiger partial charge in [0.25, 0.3) is 0 Å². The van der Waals surface area contributed by atoms with Crippen molar-refractivity contribution >= 4 is 29.6 Å². The highest BCUT2D eigenvalue weighted by molar-refractivity contribution is 7.99. The zero-order chi connectivity index (χ0) is 21.1. The van der Waals surface area contributed by atoms with Crippen LogP contribution in [0.15, 0.2) is 5.16 Å². The van der Waals surface area contributed by atoms with E-state index in [1.54, 1.807) is 0 Å². The van der Waals surface area contributed by atoms with Gasteiger partial charge in [-0.05, 0) is 50.4 Å². The topological polar surface area (TPSA) is 92.2 Å². The van der Waals surface area contributed by atoms with Crippen molar-refractivity contribution in [2.75, 3.05) is 23.7 Å². The molecule has 3 aliphatic rings. The lowest BCUT2D eigenvalue weighted by atomic mass is 9.86. The molecule has 2 N–H and O–H groups in total. The van der Waals surface area contributed by atoms with Crippen molar-refractivity contribution < 1.29 is 9.59 Å². The summed E-state index contributed by atoms with van der Waals surface area (Å²) < 4.78 is 2.21. The summed E-state index contributed by atoms with van der Waals surface area (Å²) in [6.45, 7) is 6.48. The van der Waals surface area contributed by atoms with E-state index in [4.69, 9.17) is 0 Å². The van der Waals surface area contributed by atoms with Gasteiger partial charge in [0.05, 0.1) is 5.75 Å². The van der Waals surface area contributed by atoms with Crippen LogP contribution in [-0.2, 0) is 4.79 Å². The van der Waals surface area contributed by atoms with Gasteiger partial charge >= 0.3 is 6.03 Å². The van der Waals surface area contributed by atoms with Gasteiger partial charge in [-0.2, -0.15) is 0 Å². The molecule has 1 aromatic heterocycles. The first kappa shape index (κ1) is 21.5. The van der Waals surface area contributed by atoms with Crippen LogP contribution in [0.1, 0.15) is 71.3 Å². The van der Waals surface area contributed by atoms with Crippen LogP contribution < -0.4 is 15.5 Å². The van der Waals surface area contributed by atoms with E-state index in [2.05, 4.69) is 44.1 Å². The zero-order valence-corrected chi connectivity index (χ0v) is 18.9. The third-order valence-corrected chi connectivity index (χ3v) is 7.58. The standard InChI is InChI=1S/C21H34N6O2S/c1-14-9-11-26(12-10-14)20-24-25-21(27(20)16-7-8-16)30-13-18(28)23-19(29)22-17-6-4-3-5-15(17)2/h14-17H,3-13H2,1-2H3,(H2,22,23,28,29). The van der Waals surface area contributed by atoms with Crippen LogP contribution in [0.5, 0.6) is 0 Å². The summed E-state index contributed by atoms with van der Waals surface area (Å²) in [6.07, 6.45) is 9.09. The minimum Gasteiger partial charge on any atom is -0.341 e. The smallest absolute Gasteiger partial charge is 0.321 e. The first-order valence-corrected chi connectivity index (χ1v) is 12.4. The highest BCUT2D eigenvalue weighted by Crippen LogP contribution is 2.41. The monoisotopic (exact) mass is 434 g/mol. The van der Waals surface area contributed by atoms with E-state index in [0.717, 1.165) is 62.2 Å². The lowest BCUT2D eigenvalue weighted by Gasteiger charge is -2.31. The highest BCUT2D eigenvalue weighted by atomic mass is 32.2. The molecule has 8 nitrogen and oxygen atoms in total. The van der Waals surface area contributed by atoms with Crippen molar-refractivity contribution in [3.05, 3.63) is 0 Å². The second kappa shape index (κ2) is 9.58. The fourth-order valence-electron chi connectivity index (χ4n) is 4.47. The van der Waals surface area contributed by atoms with Crippen LogP contribution in [0, 0.1) is 11.8 Å². The number of rotatable bonds is 6. The number of urea groups is 1. The van der Waals surface area contributed by atoms with Crippen molar-refractivity contribution in [1.29, 1.82) is 0 Å². The van der Waals surface area contributed by atoms with Crippen LogP contribution in [0.3, 0.4) is 0 Å². The van der Waals surface area contributed by atoms with Crippen molar-refractivity contribution in [1.82, 2.24) is 25.4 Å². The predicted octanol–water partition coefficient (Wildman–Crippen LogP) is 3.35. The molecule has 2 aliphatic carbocycles. The van der Waals surface area contributed by atoms with Gasteiger partial charge in [-0.1, -0.05) is 38.5 Å².